The molecule has 0 fully saturated rings. The lowest BCUT2D eigenvalue weighted by Gasteiger charge is -2.11. The Hall–Kier alpha value is -3.31. The van der Waals surface area contributed by atoms with Gasteiger partial charge in [0.25, 0.3) is 0 Å². The van der Waals surface area contributed by atoms with E-state index in [4.69, 9.17) is 25.5 Å². The number of aliphatic carboxylic acids is 2. The van der Waals surface area contributed by atoms with E-state index in [-0.39, 0.29) is 5.69 Å². The van der Waals surface area contributed by atoms with Crippen LogP contribution in [-0.2, 0) is 9.59 Å². The zero-order valence-corrected chi connectivity index (χ0v) is 15.6. The van der Waals surface area contributed by atoms with Crippen molar-refractivity contribution < 1.29 is 28.6 Å². The number of halogens is 2. The van der Waals surface area contributed by atoms with Crippen molar-refractivity contribution in [1.29, 1.82) is 0 Å². The van der Waals surface area contributed by atoms with Gasteiger partial charge < -0.3 is 15.9 Å². The van der Waals surface area contributed by atoms with Crippen molar-refractivity contribution in [1.82, 2.24) is 14.8 Å². The molecule has 0 unspecified atom stereocenters. The Labute approximate surface area is 168 Å². The predicted octanol–water partition coefficient (Wildman–Crippen LogP) is 2.42. The van der Waals surface area contributed by atoms with Crippen LogP contribution >= 0.6 is 11.8 Å². The summed E-state index contributed by atoms with van der Waals surface area (Å²) < 4.78 is 29.1. The largest absolute Gasteiger partial charge is 0.473 e. The number of thioether (sulfide) groups is 1. The summed E-state index contributed by atoms with van der Waals surface area (Å²) in [7, 11) is 0. The third-order valence-corrected chi connectivity index (χ3v) is 4.31. The standard InChI is InChI=1S/C16H14F2N4S.C2H2O4/c17-12-6-7-14(13(18)10-12)22-15(11-4-2-1-3-5-11)20-21-16(22)23-9-8-19;3-1(4)2(5)6/h1-7,10H,8-9,19H2;(H,3,4)(H,5,6). The summed E-state index contributed by atoms with van der Waals surface area (Å²) in [6.45, 7) is 0.462. The molecule has 3 rings (SSSR count). The molecule has 0 saturated heterocycles. The minimum atomic E-state index is -1.82. The third kappa shape index (κ3) is 5.83. The van der Waals surface area contributed by atoms with Crippen molar-refractivity contribution in [2.75, 3.05) is 12.3 Å². The van der Waals surface area contributed by atoms with Crippen molar-refractivity contribution in [3.63, 3.8) is 0 Å². The Balaban J connectivity index is 0.000000438. The monoisotopic (exact) mass is 422 g/mol. The number of carbonyl (C=O) groups is 2. The van der Waals surface area contributed by atoms with E-state index in [9.17, 15) is 8.78 Å². The SMILES string of the molecule is NCCSc1nnc(-c2ccccc2)n1-c1ccc(F)cc1F.O=C(O)C(=O)O. The van der Waals surface area contributed by atoms with E-state index < -0.39 is 23.6 Å². The number of carboxylic acid groups (broad SMARTS) is 2. The van der Waals surface area contributed by atoms with Crippen molar-refractivity contribution in [3.8, 4) is 17.1 Å². The lowest BCUT2D eigenvalue weighted by atomic mass is 10.2. The molecule has 0 radical (unpaired) electrons. The lowest BCUT2D eigenvalue weighted by molar-refractivity contribution is -0.159. The molecule has 0 bridgehead atoms. The number of carboxylic acids is 2. The fraction of sp³-hybridized carbons (Fsp3) is 0.111. The van der Waals surface area contributed by atoms with Crippen LogP contribution in [0.2, 0.25) is 0 Å². The average Bonchev–Trinajstić information content (AvgIpc) is 3.11. The maximum atomic E-state index is 14.3. The molecule has 0 aliphatic rings. The van der Waals surface area contributed by atoms with Gasteiger partial charge in [0.05, 0.1) is 5.69 Å². The second-order valence-electron chi connectivity index (χ2n) is 5.35. The Morgan fingerprint density at radius 1 is 1.03 bits per heavy atom. The van der Waals surface area contributed by atoms with Crippen molar-refractivity contribution in [2.24, 2.45) is 5.73 Å². The fourth-order valence-corrected chi connectivity index (χ4v) is 2.88. The van der Waals surface area contributed by atoms with Gasteiger partial charge >= 0.3 is 11.9 Å². The highest BCUT2D eigenvalue weighted by Gasteiger charge is 2.18. The fourth-order valence-electron chi connectivity index (χ4n) is 2.17. The van der Waals surface area contributed by atoms with Gasteiger partial charge in [0.15, 0.2) is 11.0 Å². The molecular formula is C18H16F2N4O4S. The molecule has 152 valence electrons. The van der Waals surface area contributed by atoms with Crippen LogP contribution < -0.4 is 5.73 Å². The molecule has 11 heteroatoms. The van der Waals surface area contributed by atoms with E-state index in [1.165, 1.54) is 23.9 Å². The van der Waals surface area contributed by atoms with Crippen LogP contribution in [0.4, 0.5) is 8.78 Å². The molecular weight excluding hydrogens is 406 g/mol. The summed E-state index contributed by atoms with van der Waals surface area (Å²) in [4.78, 5) is 18.2. The average molecular weight is 422 g/mol. The summed E-state index contributed by atoms with van der Waals surface area (Å²) in [5.74, 6) is -3.83. The lowest BCUT2D eigenvalue weighted by Crippen LogP contribution is -2.09. The number of rotatable bonds is 5. The second-order valence-corrected chi connectivity index (χ2v) is 6.41. The molecule has 3 aromatic rings. The van der Waals surface area contributed by atoms with Gasteiger partial charge in [-0.3, -0.25) is 4.57 Å². The number of hydrogen-bond donors (Lipinski definition) is 3. The Morgan fingerprint density at radius 3 is 2.24 bits per heavy atom. The van der Waals surface area contributed by atoms with E-state index in [0.717, 1.165) is 11.6 Å². The first-order chi connectivity index (χ1) is 13.8. The molecule has 1 aromatic heterocycles. The van der Waals surface area contributed by atoms with E-state index in [1.54, 1.807) is 4.57 Å². The topological polar surface area (TPSA) is 131 Å². The quantitative estimate of drug-likeness (QED) is 0.422. The molecule has 0 aliphatic carbocycles. The van der Waals surface area contributed by atoms with Crippen LogP contribution in [0, 0.1) is 11.6 Å². The molecule has 29 heavy (non-hydrogen) atoms. The van der Waals surface area contributed by atoms with E-state index in [1.807, 2.05) is 30.3 Å². The highest BCUT2D eigenvalue weighted by molar-refractivity contribution is 7.99. The Bertz CT molecular complexity index is 987. The normalized spacial score (nSPS) is 10.2. The van der Waals surface area contributed by atoms with Crippen molar-refractivity contribution in [3.05, 3.63) is 60.2 Å². The van der Waals surface area contributed by atoms with Crippen LogP contribution in [0.25, 0.3) is 17.1 Å². The highest BCUT2D eigenvalue weighted by atomic mass is 32.2. The third-order valence-electron chi connectivity index (χ3n) is 3.35. The molecule has 0 aliphatic heterocycles. The maximum Gasteiger partial charge on any atom is 0.414 e. The summed E-state index contributed by atoms with van der Waals surface area (Å²) in [6.07, 6.45) is 0. The highest BCUT2D eigenvalue weighted by Crippen LogP contribution is 2.29. The minimum absolute atomic E-state index is 0.203. The van der Waals surface area contributed by atoms with Crippen LogP contribution in [0.5, 0.6) is 0 Å². The summed E-state index contributed by atoms with van der Waals surface area (Å²) >= 11 is 1.37. The van der Waals surface area contributed by atoms with E-state index in [0.29, 0.717) is 23.3 Å². The van der Waals surface area contributed by atoms with Crippen molar-refractivity contribution >= 4 is 23.7 Å². The summed E-state index contributed by atoms with van der Waals surface area (Å²) in [5, 5.41) is 23.6. The number of nitrogens with zero attached hydrogens (tertiary/aromatic N) is 3. The Morgan fingerprint density at radius 2 is 1.69 bits per heavy atom. The first-order valence-corrected chi connectivity index (χ1v) is 9.09. The number of benzene rings is 2. The maximum absolute atomic E-state index is 14.3. The molecule has 0 saturated carbocycles. The van der Waals surface area contributed by atoms with Crippen molar-refractivity contribution in [2.45, 2.75) is 5.16 Å². The predicted molar refractivity (Wildman–Crippen MR) is 102 cm³/mol. The number of aromatic nitrogens is 3. The van der Waals surface area contributed by atoms with Crippen LogP contribution in [0.15, 0.2) is 53.7 Å². The smallest absolute Gasteiger partial charge is 0.414 e. The zero-order valence-electron chi connectivity index (χ0n) is 14.8. The molecule has 0 amide bonds. The van der Waals surface area contributed by atoms with Gasteiger partial charge in [-0.15, -0.1) is 10.2 Å². The summed E-state index contributed by atoms with van der Waals surface area (Å²) in [5.41, 5.74) is 6.53. The van der Waals surface area contributed by atoms with Gasteiger partial charge in [0.1, 0.15) is 11.6 Å². The molecule has 1 heterocycles. The van der Waals surface area contributed by atoms with Crippen LogP contribution in [-0.4, -0.2) is 49.2 Å². The molecule has 0 spiro atoms. The number of nitrogens with two attached hydrogens (primary N) is 1. The van der Waals surface area contributed by atoms with E-state index in [2.05, 4.69) is 10.2 Å². The molecule has 0 atom stereocenters. The van der Waals surface area contributed by atoms with Gasteiger partial charge in [0.2, 0.25) is 0 Å². The molecule has 2 aromatic carbocycles. The minimum Gasteiger partial charge on any atom is -0.473 e. The summed E-state index contributed by atoms with van der Waals surface area (Å²) in [6, 6.07) is 12.8. The zero-order chi connectivity index (χ0) is 21.4. The molecule has 8 nitrogen and oxygen atoms in total. The number of hydrogen-bond acceptors (Lipinski definition) is 6. The van der Waals surface area contributed by atoms with Gasteiger partial charge in [-0.2, -0.15) is 0 Å². The van der Waals surface area contributed by atoms with Crippen LogP contribution in [0.1, 0.15) is 0 Å². The van der Waals surface area contributed by atoms with Gasteiger partial charge in [-0.25, -0.2) is 18.4 Å². The second kappa shape index (κ2) is 10.3. The van der Waals surface area contributed by atoms with E-state index >= 15 is 0 Å². The van der Waals surface area contributed by atoms with Crippen LogP contribution in [0.3, 0.4) is 0 Å². The first-order valence-electron chi connectivity index (χ1n) is 8.10. The van der Waals surface area contributed by atoms with Gasteiger partial charge in [0, 0.05) is 23.9 Å². The van der Waals surface area contributed by atoms with Gasteiger partial charge in [-0.1, -0.05) is 42.1 Å². The Kier molecular flexibility index (Phi) is 7.80. The molecule has 4 N–H and O–H groups in total. The first kappa shape index (κ1) is 22.0. The van der Waals surface area contributed by atoms with Gasteiger partial charge in [-0.05, 0) is 12.1 Å².